The number of rotatable bonds is 3. The van der Waals surface area contributed by atoms with E-state index in [0.717, 1.165) is 28.6 Å². The molecule has 3 N–H and O–H groups in total. The van der Waals surface area contributed by atoms with Gasteiger partial charge in [0.15, 0.2) is 0 Å². The van der Waals surface area contributed by atoms with Crippen molar-refractivity contribution in [2.75, 3.05) is 7.11 Å². The van der Waals surface area contributed by atoms with Gasteiger partial charge in [-0.05, 0) is 52.9 Å². The van der Waals surface area contributed by atoms with Gasteiger partial charge in [-0.1, -0.05) is 6.07 Å². The van der Waals surface area contributed by atoms with E-state index in [1.807, 2.05) is 18.2 Å². The number of ether oxygens (including phenoxy) is 1. The highest BCUT2D eigenvalue weighted by Gasteiger charge is 2.35. The molecule has 0 aromatic heterocycles. The van der Waals surface area contributed by atoms with E-state index in [0.29, 0.717) is 12.8 Å². The minimum absolute atomic E-state index is 0.140. The Morgan fingerprint density at radius 3 is 2.88 bits per heavy atom. The van der Waals surface area contributed by atoms with E-state index in [9.17, 15) is 5.11 Å². The molecule has 1 fully saturated rings. The topological polar surface area (TPSA) is 55.5 Å². The molecule has 4 heteroatoms. The van der Waals surface area contributed by atoms with Gasteiger partial charge >= 0.3 is 0 Å². The maximum absolute atomic E-state index is 10.4. The van der Waals surface area contributed by atoms with Gasteiger partial charge < -0.3 is 15.6 Å². The molecule has 2 atom stereocenters. The Labute approximate surface area is 110 Å². The number of hydrogen-bond donors (Lipinski definition) is 2. The summed E-state index contributed by atoms with van der Waals surface area (Å²) in [6.45, 7) is 0. The SMILES string of the molecule is COc1ccc(CC2(O)CCC(N)C2)cc1Br. The molecular weight excluding hydrogens is 282 g/mol. The molecule has 1 aromatic rings. The molecule has 1 saturated carbocycles. The zero-order chi connectivity index (χ0) is 12.5. The smallest absolute Gasteiger partial charge is 0.133 e. The molecule has 3 nitrogen and oxygen atoms in total. The maximum atomic E-state index is 10.4. The molecule has 0 bridgehead atoms. The number of methoxy groups -OCH3 is 1. The van der Waals surface area contributed by atoms with E-state index < -0.39 is 5.60 Å². The van der Waals surface area contributed by atoms with E-state index in [-0.39, 0.29) is 6.04 Å². The molecule has 1 aromatic carbocycles. The molecule has 17 heavy (non-hydrogen) atoms. The van der Waals surface area contributed by atoms with Crippen LogP contribution in [0.15, 0.2) is 22.7 Å². The van der Waals surface area contributed by atoms with Crippen molar-refractivity contribution in [3.05, 3.63) is 28.2 Å². The van der Waals surface area contributed by atoms with Gasteiger partial charge in [0.1, 0.15) is 5.75 Å². The highest BCUT2D eigenvalue weighted by atomic mass is 79.9. The minimum atomic E-state index is -0.632. The lowest BCUT2D eigenvalue weighted by atomic mass is 9.93. The third-order valence-electron chi connectivity index (χ3n) is 3.37. The Morgan fingerprint density at radius 2 is 2.35 bits per heavy atom. The lowest BCUT2D eigenvalue weighted by Crippen LogP contribution is -2.30. The van der Waals surface area contributed by atoms with Crippen molar-refractivity contribution in [3.63, 3.8) is 0 Å². The summed E-state index contributed by atoms with van der Waals surface area (Å²) in [6.07, 6.45) is 3.05. The number of halogens is 1. The highest BCUT2D eigenvalue weighted by Crippen LogP contribution is 2.34. The van der Waals surface area contributed by atoms with Crippen LogP contribution in [0.4, 0.5) is 0 Å². The fourth-order valence-corrected chi connectivity index (χ4v) is 3.09. The molecule has 1 aliphatic rings. The summed E-state index contributed by atoms with van der Waals surface area (Å²) in [5.41, 5.74) is 6.32. The Morgan fingerprint density at radius 1 is 1.59 bits per heavy atom. The molecule has 0 heterocycles. The van der Waals surface area contributed by atoms with Gasteiger partial charge in [0.2, 0.25) is 0 Å². The van der Waals surface area contributed by atoms with Gasteiger partial charge in [-0.2, -0.15) is 0 Å². The van der Waals surface area contributed by atoms with Gasteiger partial charge in [-0.3, -0.25) is 0 Å². The van der Waals surface area contributed by atoms with Crippen molar-refractivity contribution < 1.29 is 9.84 Å². The van der Waals surface area contributed by atoms with Crippen LogP contribution in [-0.2, 0) is 6.42 Å². The summed E-state index contributed by atoms with van der Waals surface area (Å²) in [5, 5.41) is 10.4. The van der Waals surface area contributed by atoms with Gasteiger partial charge in [0.05, 0.1) is 17.2 Å². The summed E-state index contributed by atoms with van der Waals surface area (Å²) >= 11 is 3.45. The molecule has 0 spiro atoms. The number of hydrogen-bond acceptors (Lipinski definition) is 3. The first kappa shape index (κ1) is 12.9. The van der Waals surface area contributed by atoms with E-state index in [2.05, 4.69) is 15.9 Å². The van der Waals surface area contributed by atoms with Crippen LogP contribution in [0.25, 0.3) is 0 Å². The Balaban J connectivity index is 2.11. The van der Waals surface area contributed by atoms with Crippen LogP contribution in [0.1, 0.15) is 24.8 Å². The highest BCUT2D eigenvalue weighted by molar-refractivity contribution is 9.10. The molecule has 0 saturated heterocycles. The van der Waals surface area contributed by atoms with Gasteiger partial charge in [-0.15, -0.1) is 0 Å². The predicted molar refractivity (Wildman–Crippen MR) is 71.2 cm³/mol. The second-order valence-corrected chi connectivity index (χ2v) is 5.73. The zero-order valence-electron chi connectivity index (χ0n) is 9.95. The fourth-order valence-electron chi connectivity index (χ4n) is 2.51. The first-order valence-electron chi connectivity index (χ1n) is 5.83. The minimum Gasteiger partial charge on any atom is -0.496 e. The van der Waals surface area contributed by atoms with Crippen LogP contribution in [0, 0.1) is 0 Å². The third kappa shape index (κ3) is 3.00. The van der Waals surface area contributed by atoms with Crippen molar-refractivity contribution in [2.24, 2.45) is 5.73 Å². The first-order valence-corrected chi connectivity index (χ1v) is 6.62. The van der Waals surface area contributed by atoms with Crippen molar-refractivity contribution in [1.82, 2.24) is 0 Å². The number of benzene rings is 1. The third-order valence-corrected chi connectivity index (χ3v) is 3.99. The van der Waals surface area contributed by atoms with Crippen molar-refractivity contribution in [3.8, 4) is 5.75 Å². The van der Waals surface area contributed by atoms with E-state index in [1.165, 1.54) is 0 Å². The second-order valence-electron chi connectivity index (χ2n) is 4.87. The molecule has 0 radical (unpaired) electrons. The lowest BCUT2D eigenvalue weighted by Gasteiger charge is -2.22. The van der Waals surface area contributed by atoms with Crippen molar-refractivity contribution >= 4 is 15.9 Å². The molecular formula is C13H18BrNO2. The van der Waals surface area contributed by atoms with Crippen LogP contribution in [0.3, 0.4) is 0 Å². The molecule has 2 rings (SSSR count). The zero-order valence-corrected chi connectivity index (χ0v) is 11.5. The molecule has 0 amide bonds. The van der Waals surface area contributed by atoms with Crippen LogP contribution < -0.4 is 10.5 Å². The monoisotopic (exact) mass is 299 g/mol. The van der Waals surface area contributed by atoms with Crippen molar-refractivity contribution in [2.45, 2.75) is 37.3 Å². The summed E-state index contributed by atoms with van der Waals surface area (Å²) in [5.74, 6) is 0.809. The standard InChI is InChI=1S/C13H18BrNO2/c1-17-12-3-2-9(6-11(12)14)7-13(16)5-4-10(15)8-13/h2-3,6,10,16H,4-5,7-8,15H2,1H3. The quantitative estimate of drug-likeness (QED) is 0.900. The summed E-state index contributed by atoms with van der Waals surface area (Å²) < 4.78 is 6.10. The fraction of sp³-hybridized carbons (Fsp3) is 0.538. The van der Waals surface area contributed by atoms with Crippen molar-refractivity contribution in [1.29, 1.82) is 0 Å². The first-order chi connectivity index (χ1) is 8.02. The summed E-state index contributed by atoms with van der Waals surface area (Å²) in [7, 11) is 1.64. The molecule has 0 aliphatic heterocycles. The Kier molecular flexibility index (Phi) is 3.76. The molecule has 1 aliphatic carbocycles. The average molecular weight is 300 g/mol. The molecule has 94 valence electrons. The van der Waals surface area contributed by atoms with E-state index in [1.54, 1.807) is 7.11 Å². The van der Waals surface area contributed by atoms with Crippen LogP contribution in [0.5, 0.6) is 5.75 Å². The van der Waals surface area contributed by atoms with E-state index >= 15 is 0 Å². The second kappa shape index (κ2) is 4.96. The maximum Gasteiger partial charge on any atom is 0.133 e. The van der Waals surface area contributed by atoms with Gasteiger partial charge in [0.25, 0.3) is 0 Å². The lowest BCUT2D eigenvalue weighted by molar-refractivity contribution is 0.0468. The van der Waals surface area contributed by atoms with Crippen LogP contribution in [0.2, 0.25) is 0 Å². The Bertz CT molecular complexity index is 410. The number of nitrogens with two attached hydrogens (primary N) is 1. The van der Waals surface area contributed by atoms with E-state index in [4.69, 9.17) is 10.5 Å². The summed E-state index contributed by atoms with van der Waals surface area (Å²) in [4.78, 5) is 0. The predicted octanol–water partition coefficient (Wildman–Crippen LogP) is 2.24. The Hall–Kier alpha value is -0.580. The van der Waals surface area contributed by atoms with Crippen LogP contribution in [-0.4, -0.2) is 23.9 Å². The summed E-state index contributed by atoms with van der Waals surface area (Å²) in [6, 6.07) is 6.05. The largest absolute Gasteiger partial charge is 0.496 e. The normalized spacial score (nSPS) is 28.4. The average Bonchev–Trinajstić information content (AvgIpc) is 2.58. The van der Waals surface area contributed by atoms with Gasteiger partial charge in [0, 0.05) is 12.5 Å². The van der Waals surface area contributed by atoms with Gasteiger partial charge in [-0.25, -0.2) is 0 Å². The van der Waals surface area contributed by atoms with Crippen LogP contribution >= 0.6 is 15.9 Å². The number of aliphatic hydroxyl groups is 1. The molecule has 2 unspecified atom stereocenters.